The summed E-state index contributed by atoms with van der Waals surface area (Å²) in [5.41, 5.74) is 1.20. The van der Waals surface area contributed by atoms with Crippen molar-refractivity contribution in [2.75, 3.05) is 0 Å². The molecule has 2 aliphatic rings. The zero-order valence-electron chi connectivity index (χ0n) is 10.7. The van der Waals surface area contributed by atoms with Crippen LogP contribution in [0.2, 0.25) is 0 Å². The number of benzene rings is 1. The maximum absolute atomic E-state index is 14.0. The summed E-state index contributed by atoms with van der Waals surface area (Å²) >= 11 is 0. The van der Waals surface area contributed by atoms with E-state index in [0.29, 0.717) is 0 Å². The van der Waals surface area contributed by atoms with Crippen molar-refractivity contribution < 1.29 is 4.39 Å². The van der Waals surface area contributed by atoms with E-state index in [1.165, 1.54) is 25.7 Å². The van der Waals surface area contributed by atoms with Gasteiger partial charge in [0.25, 0.3) is 0 Å². The van der Waals surface area contributed by atoms with Gasteiger partial charge in [-0.3, -0.25) is 0 Å². The molecule has 92 valence electrons. The number of rotatable bonds is 2. The minimum Gasteiger partial charge on any atom is -0.207 e. The smallest absolute Gasteiger partial charge is 0.126 e. The lowest BCUT2D eigenvalue weighted by Crippen LogP contribution is -2.25. The van der Waals surface area contributed by atoms with E-state index in [1.807, 2.05) is 12.1 Å². The molecule has 0 spiro atoms. The largest absolute Gasteiger partial charge is 0.207 e. The molecule has 2 aliphatic carbocycles. The second kappa shape index (κ2) is 3.83. The third-order valence-corrected chi connectivity index (χ3v) is 5.08. The molecule has 0 saturated heterocycles. The fourth-order valence-corrected chi connectivity index (χ4v) is 4.14. The van der Waals surface area contributed by atoms with Crippen LogP contribution in [0.15, 0.2) is 24.3 Å². The summed E-state index contributed by atoms with van der Waals surface area (Å²) in [6, 6.07) is 7.42. The Labute approximate surface area is 103 Å². The standard InChI is InChI=1S/C16H21F/c1-11(2)12-6-5-9-16(10-14(12)16)13-7-3-4-8-15(13)17/h3-4,7-8,11-12,14H,5-6,9-10H2,1-2H3/t12-,14?,16-/m0/s1. The molecule has 1 aromatic rings. The van der Waals surface area contributed by atoms with E-state index in [4.69, 9.17) is 0 Å². The summed E-state index contributed by atoms with van der Waals surface area (Å²) in [7, 11) is 0. The van der Waals surface area contributed by atoms with Crippen molar-refractivity contribution in [1.82, 2.24) is 0 Å². The van der Waals surface area contributed by atoms with E-state index in [2.05, 4.69) is 13.8 Å². The Bertz CT molecular complexity index is 423. The molecule has 0 heterocycles. The monoisotopic (exact) mass is 232 g/mol. The lowest BCUT2D eigenvalue weighted by molar-refractivity contribution is 0.239. The van der Waals surface area contributed by atoms with Crippen LogP contribution in [-0.4, -0.2) is 0 Å². The summed E-state index contributed by atoms with van der Waals surface area (Å²) in [6.45, 7) is 4.64. The molecule has 1 unspecified atom stereocenters. The van der Waals surface area contributed by atoms with Crippen molar-refractivity contribution in [3.8, 4) is 0 Å². The second-order valence-electron chi connectivity index (χ2n) is 6.25. The maximum Gasteiger partial charge on any atom is 0.126 e. The number of halogens is 1. The van der Waals surface area contributed by atoms with Crippen molar-refractivity contribution in [1.29, 1.82) is 0 Å². The Balaban J connectivity index is 1.93. The maximum atomic E-state index is 14.0. The van der Waals surface area contributed by atoms with Gasteiger partial charge < -0.3 is 0 Å². The fourth-order valence-electron chi connectivity index (χ4n) is 4.14. The summed E-state index contributed by atoms with van der Waals surface area (Å²) in [5, 5.41) is 0. The van der Waals surface area contributed by atoms with Gasteiger partial charge in [0.1, 0.15) is 5.82 Å². The van der Waals surface area contributed by atoms with Crippen LogP contribution in [0.3, 0.4) is 0 Å². The molecule has 1 aromatic carbocycles. The molecule has 3 atom stereocenters. The van der Waals surface area contributed by atoms with Gasteiger partial charge in [0.15, 0.2) is 0 Å². The average molecular weight is 232 g/mol. The Morgan fingerprint density at radius 2 is 2.06 bits per heavy atom. The molecule has 0 aromatic heterocycles. The molecule has 17 heavy (non-hydrogen) atoms. The highest BCUT2D eigenvalue weighted by atomic mass is 19.1. The fraction of sp³-hybridized carbons (Fsp3) is 0.625. The molecule has 0 N–H and O–H groups in total. The van der Waals surface area contributed by atoms with Crippen LogP contribution in [0.1, 0.15) is 45.1 Å². The molecular weight excluding hydrogens is 211 g/mol. The van der Waals surface area contributed by atoms with Gasteiger partial charge in [-0.25, -0.2) is 4.39 Å². The minimum atomic E-state index is 0.0133. The van der Waals surface area contributed by atoms with Gasteiger partial charge in [0, 0.05) is 5.41 Å². The van der Waals surface area contributed by atoms with Crippen LogP contribution in [0.4, 0.5) is 4.39 Å². The zero-order chi connectivity index (χ0) is 12.0. The first-order chi connectivity index (χ1) is 8.15. The second-order valence-corrected chi connectivity index (χ2v) is 6.25. The predicted octanol–water partition coefficient (Wildman–Crippen LogP) is 4.54. The van der Waals surface area contributed by atoms with Crippen molar-refractivity contribution in [3.05, 3.63) is 35.6 Å². The third-order valence-electron chi connectivity index (χ3n) is 5.08. The first kappa shape index (κ1) is 11.3. The number of hydrogen-bond acceptors (Lipinski definition) is 0. The molecule has 0 radical (unpaired) electrons. The van der Waals surface area contributed by atoms with Crippen molar-refractivity contribution in [2.24, 2.45) is 17.8 Å². The van der Waals surface area contributed by atoms with Gasteiger partial charge in [-0.1, -0.05) is 38.5 Å². The van der Waals surface area contributed by atoms with Crippen LogP contribution >= 0.6 is 0 Å². The summed E-state index contributed by atoms with van der Waals surface area (Å²) in [5.74, 6) is 2.31. The third kappa shape index (κ3) is 1.63. The Morgan fingerprint density at radius 3 is 2.76 bits per heavy atom. The van der Waals surface area contributed by atoms with E-state index in [1.54, 1.807) is 12.1 Å². The Hall–Kier alpha value is -0.850. The molecule has 2 saturated carbocycles. The molecule has 0 aliphatic heterocycles. The van der Waals surface area contributed by atoms with Gasteiger partial charge >= 0.3 is 0 Å². The van der Waals surface area contributed by atoms with Crippen LogP contribution in [0, 0.1) is 23.6 Å². The lowest BCUT2D eigenvalue weighted by Gasteiger charge is -2.31. The molecule has 2 fully saturated rings. The van der Waals surface area contributed by atoms with E-state index in [-0.39, 0.29) is 11.2 Å². The minimum absolute atomic E-state index is 0.0133. The van der Waals surface area contributed by atoms with Crippen LogP contribution < -0.4 is 0 Å². The summed E-state index contributed by atoms with van der Waals surface area (Å²) < 4.78 is 14.0. The van der Waals surface area contributed by atoms with Crippen LogP contribution in [0.25, 0.3) is 0 Å². The average Bonchev–Trinajstić information content (AvgIpc) is 3.04. The normalized spacial score (nSPS) is 35.8. The van der Waals surface area contributed by atoms with Crippen LogP contribution in [-0.2, 0) is 5.41 Å². The predicted molar refractivity (Wildman–Crippen MR) is 68.4 cm³/mol. The van der Waals surface area contributed by atoms with E-state index in [0.717, 1.165) is 23.3 Å². The first-order valence-corrected chi connectivity index (χ1v) is 6.90. The highest BCUT2D eigenvalue weighted by molar-refractivity contribution is 5.36. The van der Waals surface area contributed by atoms with E-state index in [9.17, 15) is 4.39 Å². The van der Waals surface area contributed by atoms with Crippen molar-refractivity contribution in [3.63, 3.8) is 0 Å². The van der Waals surface area contributed by atoms with Crippen molar-refractivity contribution >= 4 is 0 Å². The van der Waals surface area contributed by atoms with E-state index >= 15 is 0 Å². The molecule has 0 amide bonds. The molecule has 0 nitrogen and oxygen atoms in total. The van der Waals surface area contributed by atoms with Gasteiger partial charge in [0.2, 0.25) is 0 Å². The van der Waals surface area contributed by atoms with E-state index < -0.39 is 0 Å². The SMILES string of the molecule is CC(C)[C@@H]1CCC[C@@]2(c3ccccc3F)CC12. The molecule has 0 bridgehead atoms. The van der Waals surface area contributed by atoms with Gasteiger partial charge in [-0.15, -0.1) is 0 Å². The first-order valence-electron chi connectivity index (χ1n) is 6.90. The van der Waals surface area contributed by atoms with Gasteiger partial charge in [-0.05, 0) is 48.6 Å². The Morgan fingerprint density at radius 1 is 1.29 bits per heavy atom. The van der Waals surface area contributed by atoms with Gasteiger partial charge in [0.05, 0.1) is 0 Å². The number of hydrogen-bond donors (Lipinski definition) is 0. The molecule has 1 heteroatoms. The van der Waals surface area contributed by atoms with Crippen molar-refractivity contribution in [2.45, 2.75) is 44.9 Å². The highest BCUT2D eigenvalue weighted by Gasteiger charge is 2.60. The summed E-state index contributed by atoms with van der Waals surface area (Å²) in [4.78, 5) is 0. The topological polar surface area (TPSA) is 0 Å². The van der Waals surface area contributed by atoms with Crippen LogP contribution in [0.5, 0.6) is 0 Å². The zero-order valence-corrected chi connectivity index (χ0v) is 10.7. The molecular formula is C16H21F. The van der Waals surface area contributed by atoms with Gasteiger partial charge in [-0.2, -0.15) is 0 Å². The number of fused-ring (bicyclic) bond motifs is 1. The quantitative estimate of drug-likeness (QED) is 0.702. The molecule has 3 rings (SSSR count). The summed E-state index contributed by atoms with van der Waals surface area (Å²) in [6.07, 6.45) is 5.03. The lowest BCUT2D eigenvalue weighted by atomic mass is 9.73. The highest BCUT2D eigenvalue weighted by Crippen LogP contribution is 2.66. The Kier molecular flexibility index (Phi) is 2.53.